The summed E-state index contributed by atoms with van der Waals surface area (Å²) in [4.78, 5) is 45.1. The first-order valence-corrected chi connectivity index (χ1v) is 9.15. The molecule has 1 aliphatic heterocycles. The topological polar surface area (TPSA) is 128 Å². The highest BCUT2D eigenvalue weighted by Crippen LogP contribution is 2.44. The molecule has 0 unspecified atom stereocenters. The quantitative estimate of drug-likeness (QED) is 0.580. The number of carbonyl (C=O) groups excluding carboxylic acids is 2. The van der Waals surface area contributed by atoms with Crippen molar-refractivity contribution in [3.05, 3.63) is 52.1 Å². The molecule has 0 fully saturated rings. The van der Waals surface area contributed by atoms with E-state index in [1.807, 2.05) is 6.92 Å². The zero-order valence-electron chi connectivity index (χ0n) is 16.3. The molecule has 10 nitrogen and oxygen atoms in total. The fourth-order valence-corrected chi connectivity index (χ4v) is 3.09. The molecule has 0 aliphatic carbocycles. The third-order valence-electron chi connectivity index (χ3n) is 4.59. The minimum Gasteiger partial charge on any atom is -0.438 e. The van der Waals surface area contributed by atoms with Crippen LogP contribution in [0.4, 0.5) is 21.9 Å². The minimum atomic E-state index is -1.02. The number of carbonyl (C=O) groups is 2. The second-order valence-corrected chi connectivity index (χ2v) is 7.07. The molecule has 2 aromatic rings. The Kier molecular flexibility index (Phi) is 5.44. The van der Waals surface area contributed by atoms with E-state index in [-0.39, 0.29) is 17.1 Å². The first-order chi connectivity index (χ1) is 13.7. The van der Waals surface area contributed by atoms with Gasteiger partial charge < -0.3 is 10.1 Å². The molecule has 3 rings (SSSR count). The normalized spacial score (nSPS) is 14.7. The lowest BCUT2D eigenvalue weighted by molar-refractivity contribution is -0.383. The second kappa shape index (κ2) is 7.82. The molecular weight excluding hydrogens is 378 g/mol. The van der Waals surface area contributed by atoms with Crippen molar-refractivity contribution < 1.29 is 19.2 Å². The number of nitro groups is 1. The van der Waals surface area contributed by atoms with Crippen LogP contribution in [0.2, 0.25) is 0 Å². The smallest absolute Gasteiger partial charge is 0.415 e. The predicted molar refractivity (Wildman–Crippen MR) is 105 cm³/mol. The maximum absolute atomic E-state index is 12.5. The number of anilines is 2. The van der Waals surface area contributed by atoms with Gasteiger partial charge in [-0.2, -0.15) is 0 Å². The number of amides is 2. The molecule has 0 bridgehead atoms. The van der Waals surface area contributed by atoms with Crippen LogP contribution >= 0.6 is 0 Å². The van der Waals surface area contributed by atoms with E-state index in [1.54, 1.807) is 13.8 Å². The van der Waals surface area contributed by atoms with Crippen LogP contribution in [0.25, 0.3) is 0 Å². The molecule has 0 saturated heterocycles. The highest BCUT2D eigenvalue weighted by Gasteiger charge is 2.40. The number of hydrogen-bond donors (Lipinski definition) is 1. The number of benzene rings is 1. The third-order valence-corrected chi connectivity index (χ3v) is 4.59. The van der Waals surface area contributed by atoms with Crippen LogP contribution in [-0.2, 0) is 10.3 Å². The summed E-state index contributed by atoms with van der Waals surface area (Å²) in [6.07, 6.45) is 5.04. The van der Waals surface area contributed by atoms with E-state index in [0.29, 0.717) is 24.2 Å². The molecule has 2 heterocycles. The summed E-state index contributed by atoms with van der Waals surface area (Å²) in [6.45, 7) is 5.75. The maximum Gasteiger partial charge on any atom is 0.415 e. The van der Waals surface area contributed by atoms with Crippen molar-refractivity contribution in [3.8, 4) is 0 Å². The van der Waals surface area contributed by atoms with E-state index in [9.17, 15) is 19.7 Å². The molecule has 0 saturated carbocycles. The Bertz CT molecular complexity index is 961. The van der Waals surface area contributed by atoms with Gasteiger partial charge in [-0.25, -0.2) is 9.78 Å². The van der Waals surface area contributed by atoms with E-state index in [1.165, 1.54) is 35.6 Å². The number of fused-ring (bicyclic) bond motifs is 1. The average Bonchev–Trinajstić information content (AvgIpc) is 2.68. The molecule has 0 radical (unpaired) electrons. The number of aromatic nitrogens is 2. The van der Waals surface area contributed by atoms with Crippen LogP contribution in [0.1, 0.15) is 49.7 Å². The number of nitrogens with zero attached hydrogens (tertiary/aromatic N) is 4. The Hall–Kier alpha value is -3.56. The first-order valence-electron chi connectivity index (χ1n) is 9.15. The fraction of sp³-hybridized carbons (Fsp3) is 0.368. The Labute approximate surface area is 167 Å². The van der Waals surface area contributed by atoms with Gasteiger partial charge in [-0.3, -0.25) is 24.8 Å². The summed E-state index contributed by atoms with van der Waals surface area (Å²) in [5.74, 6) is -0.630. The maximum atomic E-state index is 12.5. The van der Waals surface area contributed by atoms with Gasteiger partial charge in [0.15, 0.2) is 0 Å². The monoisotopic (exact) mass is 399 g/mol. The van der Waals surface area contributed by atoms with Crippen molar-refractivity contribution in [1.82, 2.24) is 9.97 Å². The summed E-state index contributed by atoms with van der Waals surface area (Å²) in [7, 11) is 0. The van der Waals surface area contributed by atoms with E-state index in [2.05, 4.69) is 15.3 Å². The largest absolute Gasteiger partial charge is 0.438 e. The molecular formula is C19H21N5O5. The van der Waals surface area contributed by atoms with E-state index < -0.39 is 22.5 Å². The van der Waals surface area contributed by atoms with Gasteiger partial charge >= 0.3 is 6.09 Å². The van der Waals surface area contributed by atoms with Crippen molar-refractivity contribution in [2.75, 3.05) is 16.8 Å². The Morgan fingerprint density at radius 1 is 1.34 bits per heavy atom. The summed E-state index contributed by atoms with van der Waals surface area (Å²) in [6, 6.07) is 2.78. The average molecular weight is 399 g/mol. The highest BCUT2D eigenvalue weighted by atomic mass is 16.6. The summed E-state index contributed by atoms with van der Waals surface area (Å²) < 4.78 is 5.54. The molecule has 1 aromatic heterocycles. The van der Waals surface area contributed by atoms with Gasteiger partial charge in [-0.15, -0.1) is 0 Å². The third kappa shape index (κ3) is 4.00. The predicted octanol–water partition coefficient (Wildman–Crippen LogP) is 3.63. The lowest BCUT2D eigenvalue weighted by Crippen LogP contribution is -2.44. The lowest BCUT2D eigenvalue weighted by atomic mass is 9.92. The van der Waals surface area contributed by atoms with Gasteiger partial charge in [0.25, 0.3) is 11.6 Å². The second-order valence-electron chi connectivity index (χ2n) is 7.07. The molecule has 1 aromatic carbocycles. The van der Waals surface area contributed by atoms with Crippen LogP contribution in [0.15, 0.2) is 30.7 Å². The number of nitro benzene ring substituents is 1. The van der Waals surface area contributed by atoms with Crippen LogP contribution in [-0.4, -0.2) is 33.4 Å². The minimum absolute atomic E-state index is 0.00846. The van der Waals surface area contributed by atoms with Crippen molar-refractivity contribution in [3.63, 3.8) is 0 Å². The van der Waals surface area contributed by atoms with Crippen LogP contribution in [0.5, 0.6) is 0 Å². The van der Waals surface area contributed by atoms with Gasteiger partial charge in [0.05, 0.1) is 16.8 Å². The molecule has 10 heteroatoms. The molecule has 1 N–H and O–H groups in total. The van der Waals surface area contributed by atoms with Crippen molar-refractivity contribution in [1.29, 1.82) is 0 Å². The van der Waals surface area contributed by atoms with Crippen molar-refractivity contribution in [2.24, 2.45) is 0 Å². The standard InChI is InChI=1S/C19H21N5O5/c1-4-5-8-23-15-10-16(24(27)28)13(9-12(15)19(2,3)29-18(23)26)22-17(25)14-11-20-6-7-21-14/h6-7,9-11H,4-5,8H2,1-3H3,(H,22,25). The first kappa shape index (κ1) is 20.2. The number of ether oxygens (including phenoxy) is 1. The SMILES string of the molecule is CCCCN1C(=O)OC(C)(C)c2cc(NC(=O)c3cnccn3)c([N+](=O)[O-])cc21. The number of rotatable bonds is 6. The van der Waals surface area contributed by atoms with Crippen LogP contribution in [0, 0.1) is 10.1 Å². The Morgan fingerprint density at radius 3 is 2.72 bits per heavy atom. The fourth-order valence-electron chi connectivity index (χ4n) is 3.09. The van der Waals surface area contributed by atoms with Gasteiger partial charge in [0, 0.05) is 30.6 Å². The number of cyclic esters (lactones) is 1. The van der Waals surface area contributed by atoms with E-state index in [4.69, 9.17) is 4.74 Å². The summed E-state index contributed by atoms with van der Waals surface area (Å²) in [5, 5.41) is 14.2. The van der Waals surface area contributed by atoms with Gasteiger partial charge in [0.1, 0.15) is 17.0 Å². The molecule has 0 atom stereocenters. The van der Waals surface area contributed by atoms with E-state index in [0.717, 1.165) is 6.42 Å². The zero-order valence-corrected chi connectivity index (χ0v) is 16.3. The van der Waals surface area contributed by atoms with E-state index >= 15 is 0 Å². The number of unbranched alkanes of at least 4 members (excludes halogenated alkanes) is 1. The summed E-state index contributed by atoms with van der Waals surface area (Å²) in [5.41, 5.74) is -0.359. The highest BCUT2D eigenvalue weighted by molar-refractivity contribution is 6.04. The zero-order chi connectivity index (χ0) is 21.2. The molecule has 29 heavy (non-hydrogen) atoms. The van der Waals surface area contributed by atoms with Gasteiger partial charge in [-0.05, 0) is 26.3 Å². The van der Waals surface area contributed by atoms with Crippen LogP contribution in [0.3, 0.4) is 0 Å². The molecule has 152 valence electrons. The van der Waals surface area contributed by atoms with Crippen molar-refractivity contribution in [2.45, 2.75) is 39.2 Å². The number of hydrogen-bond acceptors (Lipinski definition) is 7. The lowest BCUT2D eigenvalue weighted by Gasteiger charge is -2.38. The van der Waals surface area contributed by atoms with Gasteiger partial charge in [0.2, 0.25) is 0 Å². The van der Waals surface area contributed by atoms with Crippen molar-refractivity contribution >= 4 is 29.1 Å². The molecule has 1 aliphatic rings. The Morgan fingerprint density at radius 2 is 2.10 bits per heavy atom. The molecule has 2 amide bonds. The van der Waals surface area contributed by atoms with Crippen LogP contribution < -0.4 is 10.2 Å². The summed E-state index contributed by atoms with van der Waals surface area (Å²) >= 11 is 0. The Balaban J connectivity index is 2.08. The van der Waals surface area contributed by atoms with Gasteiger partial charge in [-0.1, -0.05) is 13.3 Å². The number of nitrogens with one attached hydrogen (secondary N) is 1. The molecule has 0 spiro atoms.